The van der Waals surface area contributed by atoms with E-state index in [1.54, 1.807) is 6.20 Å². The maximum absolute atomic E-state index is 6.14. The van der Waals surface area contributed by atoms with Crippen LogP contribution in [0.15, 0.2) is 18.5 Å². The van der Waals surface area contributed by atoms with Crippen LogP contribution in [0.2, 0.25) is 5.02 Å². The third-order valence-electron chi connectivity index (χ3n) is 3.44. The van der Waals surface area contributed by atoms with E-state index in [1.807, 2.05) is 12.3 Å². The molecule has 0 aliphatic carbocycles. The highest BCUT2D eigenvalue weighted by Crippen LogP contribution is 2.19. The lowest BCUT2D eigenvalue weighted by Gasteiger charge is -2.27. The molecule has 2 heterocycles. The summed E-state index contributed by atoms with van der Waals surface area (Å²) in [6.45, 7) is 3.19. The van der Waals surface area contributed by atoms with Crippen molar-refractivity contribution in [3.8, 4) is 0 Å². The molecule has 94 valence electrons. The first-order chi connectivity index (χ1) is 8.27. The zero-order valence-corrected chi connectivity index (χ0v) is 11.1. The topological polar surface area (TPSA) is 28.2 Å². The van der Waals surface area contributed by atoms with Crippen LogP contribution in [-0.2, 0) is 6.54 Å². The predicted octanol–water partition coefficient (Wildman–Crippen LogP) is 2.31. The summed E-state index contributed by atoms with van der Waals surface area (Å²) in [5.41, 5.74) is 1.17. The van der Waals surface area contributed by atoms with Crippen molar-refractivity contribution in [1.29, 1.82) is 0 Å². The molecular weight excluding hydrogens is 234 g/mol. The standard InChI is InChI=1S/C13H20ClN3/c1-17(12-3-2-6-15-8-5-12)10-11-4-7-16-9-13(11)14/h4,7,9,12,15H,2-3,5-6,8,10H2,1H3. The van der Waals surface area contributed by atoms with Crippen molar-refractivity contribution >= 4 is 11.6 Å². The van der Waals surface area contributed by atoms with Crippen LogP contribution in [0.4, 0.5) is 0 Å². The summed E-state index contributed by atoms with van der Waals surface area (Å²) in [7, 11) is 2.19. The molecular formula is C13H20ClN3. The van der Waals surface area contributed by atoms with Crippen LogP contribution in [0.1, 0.15) is 24.8 Å². The Morgan fingerprint density at radius 3 is 3.18 bits per heavy atom. The molecule has 1 aromatic heterocycles. The second-order valence-corrected chi connectivity index (χ2v) is 5.12. The number of pyridine rings is 1. The Labute approximate surface area is 108 Å². The molecule has 1 aliphatic heterocycles. The predicted molar refractivity (Wildman–Crippen MR) is 71.2 cm³/mol. The maximum Gasteiger partial charge on any atom is 0.0634 e. The first-order valence-corrected chi connectivity index (χ1v) is 6.64. The summed E-state index contributed by atoms with van der Waals surface area (Å²) in [5, 5.41) is 4.21. The third kappa shape index (κ3) is 3.66. The number of hydrogen-bond donors (Lipinski definition) is 1. The van der Waals surface area contributed by atoms with Gasteiger partial charge in [0, 0.05) is 25.0 Å². The van der Waals surface area contributed by atoms with E-state index in [9.17, 15) is 0 Å². The number of nitrogens with one attached hydrogen (secondary N) is 1. The van der Waals surface area contributed by atoms with Gasteiger partial charge >= 0.3 is 0 Å². The number of rotatable bonds is 3. The second kappa shape index (κ2) is 6.34. The highest BCUT2D eigenvalue weighted by molar-refractivity contribution is 6.31. The monoisotopic (exact) mass is 253 g/mol. The average molecular weight is 254 g/mol. The summed E-state index contributed by atoms with van der Waals surface area (Å²) in [6, 6.07) is 2.67. The molecule has 0 amide bonds. The molecule has 0 bridgehead atoms. The molecule has 1 aliphatic rings. The molecule has 1 atom stereocenters. The summed E-state index contributed by atoms with van der Waals surface area (Å²) in [5.74, 6) is 0. The second-order valence-electron chi connectivity index (χ2n) is 4.72. The summed E-state index contributed by atoms with van der Waals surface area (Å²) in [6.07, 6.45) is 7.29. The molecule has 1 N–H and O–H groups in total. The van der Waals surface area contributed by atoms with Crippen molar-refractivity contribution in [3.05, 3.63) is 29.0 Å². The minimum Gasteiger partial charge on any atom is -0.317 e. The average Bonchev–Trinajstić information content (AvgIpc) is 2.61. The van der Waals surface area contributed by atoms with E-state index < -0.39 is 0 Å². The maximum atomic E-state index is 6.14. The van der Waals surface area contributed by atoms with Gasteiger partial charge in [-0.3, -0.25) is 9.88 Å². The highest BCUT2D eigenvalue weighted by atomic mass is 35.5. The van der Waals surface area contributed by atoms with Gasteiger partial charge in [-0.2, -0.15) is 0 Å². The molecule has 2 rings (SSSR count). The minimum atomic E-state index is 0.661. The molecule has 0 saturated carbocycles. The van der Waals surface area contributed by atoms with Crippen LogP contribution in [0.5, 0.6) is 0 Å². The van der Waals surface area contributed by atoms with Gasteiger partial charge in [0.2, 0.25) is 0 Å². The van der Waals surface area contributed by atoms with Crippen LogP contribution in [0.3, 0.4) is 0 Å². The molecule has 0 radical (unpaired) electrons. The van der Waals surface area contributed by atoms with Gasteiger partial charge < -0.3 is 5.32 Å². The van der Waals surface area contributed by atoms with E-state index in [1.165, 1.54) is 24.8 Å². The largest absolute Gasteiger partial charge is 0.317 e. The normalized spacial score (nSPS) is 21.5. The van der Waals surface area contributed by atoms with Gasteiger partial charge in [-0.15, -0.1) is 0 Å². The fourth-order valence-electron chi connectivity index (χ4n) is 2.37. The molecule has 1 aromatic rings. The third-order valence-corrected chi connectivity index (χ3v) is 3.79. The Kier molecular flexibility index (Phi) is 4.77. The van der Waals surface area contributed by atoms with Crippen LogP contribution in [0.25, 0.3) is 0 Å². The van der Waals surface area contributed by atoms with Crippen molar-refractivity contribution in [2.45, 2.75) is 31.8 Å². The molecule has 4 heteroatoms. The van der Waals surface area contributed by atoms with Gasteiger partial charge in [0.05, 0.1) is 5.02 Å². The Morgan fingerprint density at radius 1 is 1.47 bits per heavy atom. The van der Waals surface area contributed by atoms with E-state index in [0.717, 1.165) is 24.7 Å². The smallest absolute Gasteiger partial charge is 0.0634 e. The van der Waals surface area contributed by atoms with E-state index in [-0.39, 0.29) is 0 Å². The zero-order valence-electron chi connectivity index (χ0n) is 10.3. The summed E-state index contributed by atoms with van der Waals surface area (Å²) >= 11 is 6.14. The van der Waals surface area contributed by atoms with E-state index in [4.69, 9.17) is 11.6 Å². The molecule has 1 saturated heterocycles. The van der Waals surface area contributed by atoms with Crippen LogP contribution in [0, 0.1) is 0 Å². The first kappa shape index (κ1) is 12.8. The number of hydrogen-bond acceptors (Lipinski definition) is 3. The van der Waals surface area contributed by atoms with Crippen molar-refractivity contribution in [1.82, 2.24) is 15.2 Å². The number of aromatic nitrogens is 1. The van der Waals surface area contributed by atoms with Crippen molar-refractivity contribution in [3.63, 3.8) is 0 Å². The van der Waals surface area contributed by atoms with Gasteiger partial charge in [0.25, 0.3) is 0 Å². The molecule has 0 aromatic carbocycles. The van der Waals surface area contributed by atoms with E-state index >= 15 is 0 Å². The van der Waals surface area contributed by atoms with Gasteiger partial charge in [0.15, 0.2) is 0 Å². The SMILES string of the molecule is CN(Cc1ccncc1Cl)C1CCCNCC1. The van der Waals surface area contributed by atoms with Gasteiger partial charge in [0.1, 0.15) is 0 Å². The van der Waals surface area contributed by atoms with Crippen LogP contribution >= 0.6 is 11.6 Å². The van der Waals surface area contributed by atoms with Crippen molar-refractivity contribution < 1.29 is 0 Å². The van der Waals surface area contributed by atoms with Gasteiger partial charge in [-0.05, 0) is 51.0 Å². The first-order valence-electron chi connectivity index (χ1n) is 6.26. The summed E-state index contributed by atoms with van der Waals surface area (Å²) in [4.78, 5) is 6.43. The summed E-state index contributed by atoms with van der Waals surface area (Å²) < 4.78 is 0. The van der Waals surface area contributed by atoms with Crippen molar-refractivity contribution in [2.75, 3.05) is 20.1 Å². The lowest BCUT2D eigenvalue weighted by atomic mass is 10.1. The quantitative estimate of drug-likeness (QED) is 0.896. The Balaban J connectivity index is 1.95. The van der Waals surface area contributed by atoms with Crippen LogP contribution < -0.4 is 5.32 Å². The van der Waals surface area contributed by atoms with Gasteiger partial charge in [-0.1, -0.05) is 11.6 Å². The lowest BCUT2D eigenvalue weighted by Crippen LogP contribution is -2.32. The Hall–Kier alpha value is -0.640. The van der Waals surface area contributed by atoms with Gasteiger partial charge in [-0.25, -0.2) is 0 Å². The number of halogens is 1. The van der Waals surface area contributed by atoms with E-state index in [2.05, 4.69) is 22.2 Å². The highest BCUT2D eigenvalue weighted by Gasteiger charge is 2.17. The number of nitrogens with zero attached hydrogens (tertiary/aromatic N) is 2. The Bertz CT molecular complexity index is 348. The van der Waals surface area contributed by atoms with E-state index in [0.29, 0.717) is 6.04 Å². The minimum absolute atomic E-state index is 0.661. The van der Waals surface area contributed by atoms with Crippen molar-refractivity contribution in [2.24, 2.45) is 0 Å². The fourth-order valence-corrected chi connectivity index (χ4v) is 2.55. The molecule has 1 fully saturated rings. The Morgan fingerprint density at radius 2 is 2.35 bits per heavy atom. The zero-order chi connectivity index (χ0) is 12.1. The molecule has 0 spiro atoms. The lowest BCUT2D eigenvalue weighted by molar-refractivity contribution is 0.216. The molecule has 1 unspecified atom stereocenters. The molecule has 17 heavy (non-hydrogen) atoms. The fraction of sp³-hybridized carbons (Fsp3) is 0.615. The molecule has 3 nitrogen and oxygen atoms in total. The van der Waals surface area contributed by atoms with Crippen LogP contribution in [-0.4, -0.2) is 36.1 Å².